The average molecular weight is 215 g/mol. The summed E-state index contributed by atoms with van der Waals surface area (Å²) in [6.45, 7) is 0. The maximum absolute atomic E-state index is 13.1. The molecule has 1 atom stereocenters. The van der Waals surface area contributed by atoms with E-state index in [2.05, 4.69) is 5.32 Å². The summed E-state index contributed by atoms with van der Waals surface area (Å²) >= 11 is 0. The molecule has 1 unspecified atom stereocenters. The van der Waals surface area contributed by atoms with E-state index in [0.717, 1.165) is 0 Å². The Bertz CT molecular complexity index is 368. The van der Waals surface area contributed by atoms with E-state index in [1.807, 2.05) is 0 Å². The Morgan fingerprint density at radius 2 is 2.14 bits per heavy atom. The molecule has 0 saturated carbocycles. The quantitative estimate of drug-likeness (QED) is 0.806. The first-order chi connectivity index (χ1) is 6.65. The molecule has 0 fully saturated rings. The van der Waals surface area contributed by atoms with Gasteiger partial charge in [-0.3, -0.25) is 9.00 Å². The Balaban J connectivity index is 2.80. The largest absolute Gasteiger partial charge is 0.358 e. The van der Waals surface area contributed by atoms with Gasteiger partial charge in [-0.2, -0.15) is 0 Å². The normalized spacial score (nSPS) is 12.1. The van der Waals surface area contributed by atoms with E-state index in [9.17, 15) is 13.4 Å². The van der Waals surface area contributed by atoms with E-state index < -0.39 is 16.6 Å². The van der Waals surface area contributed by atoms with E-state index in [1.165, 1.54) is 25.2 Å². The zero-order chi connectivity index (χ0) is 10.6. The van der Waals surface area contributed by atoms with Crippen molar-refractivity contribution in [3.05, 3.63) is 30.1 Å². The van der Waals surface area contributed by atoms with E-state index in [1.54, 1.807) is 6.07 Å². The fraction of sp³-hybridized carbons (Fsp3) is 0.222. The molecule has 1 N–H and O–H groups in total. The van der Waals surface area contributed by atoms with Gasteiger partial charge in [0, 0.05) is 7.05 Å². The predicted octanol–water partition coefficient (Wildman–Crippen LogP) is 0.679. The minimum Gasteiger partial charge on any atom is -0.358 e. The van der Waals surface area contributed by atoms with Crippen molar-refractivity contribution >= 4 is 16.7 Å². The van der Waals surface area contributed by atoms with Crippen molar-refractivity contribution in [3.63, 3.8) is 0 Å². The number of hydrogen-bond donors (Lipinski definition) is 1. The SMILES string of the molecule is CNC(=O)CS(=O)c1ccccc1F. The van der Waals surface area contributed by atoms with Crippen LogP contribution in [0.5, 0.6) is 0 Å². The fourth-order valence-corrected chi connectivity index (χ4v) is 1.95. The van der Waals surface area contributed by atoms with Gasteiger partial charge < -0.3 is 5.32 Å². The lowest BCUT2D eigenvalue weighted by Crippen LogP contribution is -2.24. The number of amides is 1. The molecule has 3 nitrogen and oxygen atoms in total. The predicted molar refractivity (Wildman–Crippen MR) is 51.7 cm³/mol. The summed E-state index contributed by atoms with van der Waals surface area (Å²) in [6, 6.07) is 5.72. The van der Waals surface area contributed by atoms with Crippen LogP contribution in [-0.4, -0.2) is 22.9 Å². The first-order valence-corrected chi connectivity index (χ1v) is 5.30. The second kappa shape index (κ2) is 4.85. The fourth-order valence-electron chi connectivity index (χ4n) is 0.898. The minimum atomic E-state index is -1.61. The maximum Gasteiger partial charge on any atom is 0.232 e. The molecule has 0 bridgehead atoms. The average Bonchev–Trinajstić information content (AvgIpc) is 2.18. The smallest absolute Gasteiger partial charge is 0.232 e. The van der Waals surface area contributed by atoms with E-state index >= 15 is 0 Å². The lowest BCUT2D eigenvalue weighted by atomic mass is 10.3. The number of hydrogen-bond acceptors (Lipinski definition) is 2. The Morgan fingerprint density at radius 3 is 2.71 bits per heavy atom. The number of rotatable bonds is 3. The Hall–Kier alpha value is -1.23. The Morgan fingerprint density at radius 1 is 1.50 bits per heavy atom. The van der Waals surface area contributed by atoms with Gasteiger partial charge in [-0.15, -0.1) is 0 Å². The van der Waals surface area contributed by atoms with Crippen LogP contribution in [0, 0.1) is 5.82 Å². The Kier molecular flexibility index (Phi) is 3.76. The van der Waals surface area contributed by atoms with Gasteiger partial charge in [-0.1, -0.05) is 12.1 Å². The van der Waals surface area contributed by atoms with Crippen LogP contribution >= 0.6 is 0 Å². The molecule has 1 aromatic rings. The molecule has 0 heterocycles. The van der Waals surface area contributed by atoms with E-state index in [-0.39, 0.29) is 16.6 Å². The third-order valence-electron chi connectivity index (χ3n) is 1.62. The lowest BCUT2D eigenvalue weighted by Gasteiger charge is -2.02. The van der Waals surface area contributed by atoms with Crippen LogP contribution < -0.4 is 5.32 Å². The first-order valence-electron chi connectivity index (χ1n) is 3.98. The molecular formula is C9H10FNO2S. The molecule has 0 spiro atoms. The minimum absolute atomic E-state index is 0.0658. The third-order valence-corrected chi connectivity index (χ3v) is 2.97. The highest BCUT2D eigenvalue weighted by atomic mass is 32.2. The van der Waals surface area contributed by atoms with Crippen molar-refractivity contribution in [1.29, 1.82) is 0 Å². The van der Waals surface area contributed by atoms with Crippen LogP contribution in [0.1, 0.15) is 0 Å². The maximum atomic E-state index is 13.1. The standard InChI is InChI=1S/C9H10FNO2S/c1-11-9(12)6-14(13)8-5-3-2-4-7(8)10/h2-5H,6H2,1H3,(H,11,12). The van der Waals surface area contributed by atoms with Crippen LogP contribution in [0.2, 0.25) is 0 Å². The summed E-state index contributed by atoms with van der Waals surface area (Å²) in [5, 5.41) is 2.33. The summed E-state index contributed by atoms with van der Waals surface area (Å²) in [7, 11) is -0.167. The van der Waals surface area contributed by atoms with Gasteiger partial charge in [0.25, 0.3) is 0 Å². The number of benzene rings is 1. The van der Waals surface area contributed by atoms with Crippen LogP contribution in [-0.2, 0) is 15.6 Å². The zero-order valence-corrected chi connectivity index (χ0v) is 8.44. The molecule has 1 aromatic carbocycles. The van der Waals surface area contributed by atoms with E-state index in [0.29, 0.717) is 0 Å². The van der Waals surface area contributed by atoms with Crippen LogP contribution in [0.3, 0.4) is 0 Å². The van der Waals surface area contributed by atoms with Gasteiger partial charge in [0.05, 0.1) is 15.7 Å². The summed E-state index contributed by atoms with van der Waals surface area (Å²) < 4.78 is 24.5. The second-order valence-electron chi connectivity index (χ2n) is 2.59. The molecule has 5 heteroatoms. The molecule has 14 heavy (non-hydrogen) atoms. The highest BCUT2D eigenvalue weighted by molar-refractivity contribution is 7.85. The van der Waals surface area contributed by atoms with Gasteiger partial charge in [0.15, 0.2) is 0 Å². The van der Waals surface area contributed by atoms with Crippen molar-refractivity contribution in [2.45, 2.75) is 4.90 Å². The number of halogens is 1. The zero-order valence-electron chi connectivity index (χ0n) is 7.62. The summed E-state index contributed by atoms with van der Waals surface area (Å²) in [6.07, 6.45) is 0. The van der Waals surface area contributed by atoms with Gasteiger partial charge in [0.2, 0.25) is 5.91 Å². The van der Waals surface area contributed by atoms with Gasteiger partial charge >= 0.3 is 0 Å². The number of nitrogens with one attached hydrogen (secondary N) is 1. The lowest BCUT2D eigenvalue weighted by molar-refractivity contribution is -0.118. The van der Waals surface area contributed by atoms with Crippen LogP contribution in [0.4, 0.5) is 4.39 Å². The monoisotopic (exact) mass is 215 g/mol. The molecule has 0 radical (unpaired) electrons. The summed E-state index contributed by atoms with van der Waals surface area (Å²) in [5.74, 6) is -1.13. The van der Waals surface area contributed by atoms with Gasteiger partial charge in [-0.05, 0) is 12.1 Å². The van der Waals surface area contributed by atoms with Crippen LogP contribution in [0.15, 0.2) is 29.2 Å². The molecule has 76 valence electrons. The molecule has 0 aromatic heterocycles. The summed E-state index contributed by atoms with van der Waals surface area (Å²) in [4.78, 5) is 10.9. The third kappa shape index (κ3) is 2.63. The molecule has 0 aliphatic rings. The van der Waals surface area contributed by atoms with Crippen molar-refractivity contribution < 1.29 is 13.4 Å². The van der Waals surface area contributed by atoms with Crippen molar-refractivity contribution in [2.75, 3.05) is 12.8 Å². The molecule has 0 aliphatic carbocycles. The number of carbonyl (C=O) groups excluding carboxylic acids is 1. The topological polar surface area (TPSA) is 46.2 Å². The van der Waals surface area contributed by atoms with Crippen LogP contribution in [0.25, 0.3) is 0 Å². The molecule has 0 saturated heterocycles. The Labute approximate surface area is 83.8 Å². The summed E-state index contributed by atoms with van der Waals surface area (Å²) in [5.41, 5.74) is 0. The van der Waals surface area contributed by atoms with E-state index in [4.69, 9.17) is 0 Å². The second-order valence-corrected chi connectivity index (χ2v) is 4.01. The molecule has 1 rings (SSSR count). The molecule has 0 aliphatic heterocycles. The van der Waals surface area contributed by atoms with Gasteiger partial charge in [-0.25, -0.2) is 4.39 Å². The highest BCUT2D eigenvalue weighted by Crippen LogP contribution is 2.11. The molecule has 1 amide bonds. The van der Waals surface area contributed by atoms with Crippen molar-refractivity contribution in [1.82, 2.24) is 5.32 Å². The first kappa shape index (κ1) is 10.8. The van der Waals surface area contributed by atoms with Crippen molar-refractivity contribution in [3.8, 4) is 0 Å². The van der Waals surface area contributed by atoms with Gasteiger partial charge in [0.1, 0.15) is 11.6 Å². The number of carbonyl (C=O) groups is 1. The molecular weight excluding hydrogens is 205 g/mol. The highest BCUT2D eigenvalue weighted by Gasteiger charge is 2.12. The van der Waals surface area contributed by atoms with Crippen molar-refractivity contribution in [2.24, 2.45) is 0 Å².